The number of aromatic nitrogens is 1. The summed E-state index contributed by atoms with van der Waals surface area (Å²) in [5.74, 6) is 0. The Morgan fingerprint density at radius 2 is 1.75 bits per heavy atom. The van der Waals surface area contributed by atoms with Crippen LogP contribution in [-0.4, -0.2) is 4.57 Å². The number of para-hydroxylation sites is 1. The molecule has 0 N–H and O–H groups in total. The van der Waals surface area contributed by atoms with Crippen LogP contribution in [0.15, 0.2) is 69.2 Å². The van der Waals surface area contributed by atoms with Crippen molar-refractivity contribution >= 4 is 34.3 Å². The summed E-state index contributed by atoms with van der Waals surface area (Å²) in [5, 5.41) is 1.79. The fourth-order valence-corrected chi connectivity index (χ4v) is 3.19. The van der Waals surface area contributed by atoms with Gasteiger partial charge in [0.1, 0.15) is 0 Å². The van der Waals surface area contributed by atoms with Crippen LogP contribution in [0.3, 0.4) is 0 Å². The summed E-state index contributed by atoms with van der Waals surface area (Å²) in [5.41, 5.74) is 0.941. The van der Waals surface area contributed by atoms with Crippen LogP contribution < -0.4 is 5.56 Å². The number of rotatable bonds is 2. The fraction of sp³-hybridized carbons (Fsp3) is 0.0625. The van der Waals surface area contributed by atoms with Gasteiger partial charge in [0.05, 0.1) is 5.52 Å². The van der Waals surface area contributed by atoms with Gasteiger partial charge in [-0.2, -0.15) is 0 Å². The number of hydrogen-bond donors (Lipinski definition) is 0. The highest BCUT2D eigenvalue weighted by atomic mass is 35.5. The third-order valence-corrected chi connectivity index (χ3v) is 4.47. The molecule has 0 bridgehead atoms. The minimum Gasteiger partial charge on any atom is -0.311 e. The lowest BCUT2D eigenvalue weighted by Gasteiger charge is -2.09. The summed E-state index contributed by atoms with van der Waals surface area (Å²) in [6, 6.07) is 17.2. The molecule has 3 aromatic rings. The second-order valence-corrected chi connectivity index (χ2v) is 6.03. The van der Waals surface area contributed by atoms with E-state index in [9.17, 15) is 4.79 Å². The lowest BCUT2D eigenvalue weighted by Crippen LogP contribution is -2.15. The smallest absolute Gasteiger partial charge is 0.251 e. The summed E-state index contributed by atoms with van der Waals surface area (Å²) in [7, 11) is 1.79. The van der Waals surface area contributed by atoms with Crippen LogP contribution in [-0.2, 0) is 7.05 Å². The van der Waals surface area contributed by atoms with Crippen molar-refractivity contribution in [2.45, 2.75) is 9.79 Å². The van der Waals surface area contributed by atoms with Crippen LogP contribution in [0.5, 0.6) is 0 Å². The molecule has 0 spiro atoms. The van der Waals surface area contributed by atoms with E-state index in [2.05, 4.69) is 0 Å². The van der Waals surface area contributed by atoms with Crippen molar-refractivity contribution < 1.29 is 0 Å². The number of halogens is 1. The zero-order valence-corrected chi connectivity index (χ0v) is 12.4. The number of nitrogens with zero attached hydrogens (tertiary/aromatic N) is 1. The van der Waals surface area contributed by atoms with Gasteiger partial charge in [-0.25, -0.2) is 0 Å². The van der Waals surface area contributed by atoms with Crippen molar-refractivity contribution in [3.63, 3.8) is 0 Å². The van der Waals surface area contributed by atoms with E-state index < -0.39 is 0 Å². The molecule has 0 fully saturated rings. The molecule has 0 radical (unpaired) electrons. The molecule has 0 aliphatic heterocycles. The van der Waals surface area contributed by atoms with Gasteiger partial charge in [0.15, 0.2) is 0 Å². The largest absolute Gasteiger partial charge is 0.311 e. The summed E-state index contributed by atoms with van der Waals surface area (Å²) in [4.78, 5) is 14.1. The Morgan fingerprint density at radius 1 is 1.05 bits per heavy atom. The highest BCUT2D eigenvalue weighted by Crippen LogP contribution is 2.32. The zero-order valence-electron chi connectivity index (χ0n) is 10.8. The molecule has 0 amide bonds. The van der Waals surface area contributed by atoms with E-state index in [4.69, 9.17) is 11.6 Å². The third-order valence-electron chi connectivity index (χ3n) is 3.16. The summed E-state index contributed by atoms with van der Waals surface area (Å²) >= 11 is 7.47. The predicted molar refractivity (Wildman–Crippen MR) is 84.8 cm³/mol. The van der Waals surface area contributed by atoms with Crippen LogP contribution in [0.2, 0.25) is 5.02 Å². The van der Waals surface area contributed by atoms with Crippen molar-refractivity contribution in [1.29, 1.82) is 0 Å². The molecule has 0 aliphatic rings. The van der Waals surface area contributed by atoms with Crippen molar-refractivity contribution in [3.8, 4) is 0 Å². The Bertz CT molecular complexity index is 824. The van der Waals surface area contributed by atoms with Gasteiger partial charge < -0.3 is 4.57 Å². The molecular weight excluding hydrogens is 290 g/mol. The number of benzene rings is 2. The van der Waals surface area contributed by atoms with Gasteiger partial charge in [-0.1, -0.05) is 41.6 Å². The number of hydrogen-bond acceptors (Lipinski definition) is 2. The standard InChI is InChI=1S/C16H12ClNOS/c1-18-14-5-3-2-4-13(14)15(10-16(18)19)20-12-8-6-11(17)7-9-12/h2-10H,1H3. The first-order valence-corrected chi connectivity index (χ1v) is 7.37. The summed E-state index contributed by atoms with van der Waals surface area (Å²) in [6.45, 7) is 0. The Labute approximate surface area is 126 Å². The number of aryl methyl sites for hydroxylation is 1. The molecule has 0 atom stereocenters. The van der Waals surface area contributed by atoms with Crippen LogP contribution in [0.1, 0.15) is 0 Å². The van der Waals surface area contributed by atoms with Gasteiger partial charge >= 0.3 is 0 Å². The first kappa shape index (κ1) is 13.3. The SMILES string of the molecule is Cn1c(=O)cc(Sc2ccc(Cl)cc2)c2ccccc21. The maximum Gasteiger partial charge on any atom is 0.251 e. The molecule has 0 unspecified atom stereocenters. The number of pyridine rings is 1. The molecule has 3 rings (SSSR count). The number of fused-ring (bicyclic) bond motifs is 1. The van der Waals surface area contributed by atoms with Crippen LogP contribution in [0, 0.1) is 0 Å². The van der Waals surface area contributed by atoms with E-state index in [1.807, 2.05) is 48.5 Å². The van der Waals surface area contributed by atoms with Gasteiger partial charge in [-0.3, -0.25) is 4.79 Å². The lowest BCUT2D eigenvalue weighted by atomic mass is 10.2. The molecule has 0 aliphatic carbocycles. The summed E-state index contributed by atoms with van der Waals surface area (Å²) in [6.07, 6.45) is 0. The Morgan fingerprint density at radius 3 is 2.50 bits per heavy atom. The van der Waals surface area contributed by atoms with E-state index in [1.165, 1.54) is 0 Å². The molecule has 20 heavy (non-hydrogen) atoms. The quantitative estimate of drug-likeness (QED) is 0.702. The van der Waals surface area contributed by atoms with E-state index in [0.29, 0.717) is 5.02 Å². The minimum absolute atomic E-state index is 0.000151. The molecule has 0 saturated heterocycles. The van der Waals surface area contributed by atoms with Gasteiger partial charge in [0.25, 0.3) is 5.56 Å². The van der Waals surface area contributed by atoms with E-state index in [-0.39, 0.29) is 5.56 Å². The average Bonchev–Trinajstić information content (AvgIpc) is 2.47. The molecule has 2 aromatic carbocycles. The van der Waals surface area contributed by atoms with Gasteiger partial charge in [-0.15, -0.1) is 0 Å². The first-order valence-electron chi connectivity index (χ1n) is 6.17. The van der Waals surface area contributed by atoms with Crippen LogP contribution in [0.25, 0.3) is 10.9 Å². The third kappa shape index (κ3) is 2.47. The summed E-state index contributed by atoms with van der Waals surface area (Å²) < 4.78 is 1.67. The Hall–Kier alpha value is -1.71. The maximum atomic E-state index is 12.0. The van der Waals surface area contributed by atoms with Crippen LogP contribution >= 0.6 is 23.4 Å². The van der Waals surface area contributed by atoms with E-state index >= 15 is 0 Å². The van der Waals surface area contributed by atoms with Gasteiger partial charge in [0, 0.05) is 33.3 Å². The second-order valence-electron chi connectivity index (χ2n) is 4.48. The zero-order chi connectivity index (χ0) is 14.1. The Balaban J connectivity index is 2.14. The van der Waals surface area contributed by atoms with Crippen molar-refractivity contribution in [3.05, 3.63) is 70.0 Å². The molecule has 1 aromatic heterocycles. The van der Waals surface area contributed by atoms with Crippen LogP contribution in [0.4, 0.5) is 0 Å². The normalized spacial score (nSPS) is 10.9. The molecule has 0 saturated carbocycles. The molecule has 2 nitrogen and oxygen atoms in total. The topological polar surface area (TPSA) is 22.0 Å². The van der Waals surface area contributed by atoms with E-state index in [0.717, 1.165) is 20.7 Å². The average molecular weight is 302 g/mol. The molecule has 1 heterocycles. The molecule has 100 valence electrons. The van der Waals surface area contributed by atoms with Gasteiger partial charge in [0.2, 0.25) is 0 Å². The van der Waals surface area contributed by atoms with Crippen molar-refractivity contribution in [2.75, 3.05) is 0 Å². The van der Waals surface area contributed by atoms with E-state index in [1.54, 1.807) is 29.4 Å². The highest BCUT2D eigenvalue weighted by Gasteiger charge is 2.07. The highest BCUT2D eigenvalue weighted by molar-refractivity contribution is 7.99. The fourth-order valence-electron chi connectivity index (χ4n) is 2.09. The predicted octanol–water partition coefficient (Wildman–Crippen LogP) is 4.34. The Kier molecular flexibility index (Phi) is 3.55. The monoisotopic (exact) mass is 301 g/mol. The lowest BCUT2D eigenvalue weighted by molar-refractivity contribution is 0.898. The maximum absolute atomic E-state index is 12.0. The second kappa shape index (κ2) is 5.35. The van der Waals surface area contributed by atoms with Crippen molar-refractivity contribution in [1.82, 2.24) is 4.57 Å². The molecular formula is C16H12ClNOS. The van der Waals surface area contributed by atoms with Gasteiger partial charge in [-0.05, 0) is 30.3 Å². The minimum atomic E-state index is 0.000151. The first-order chi connectivity index (χ1) is 9.65. The molecule has 4 heteroatoms. The van der Waals surface area contributed by atoms with Crippen molar-refractivity contribution in [2.24, 2.45) is 7.05 Å².